The summed E-state index contributed by atoms with van der Waals surface area (Å²) in [4.78, 5) is 17.2. The largest absolute Gasteiger partial charge is 0.481 e. The van der Waals surface area contributed by atoms with Gasteiger partial charge in [0.15, 0.2) is 0 Å². The first-order valence-corrected chi connectivity index (χ1v) is 6.81. The number of carboxylic acids is 1. The Labute approximate surface area is 105 Å². The highest BCUT2D eigenvalue weighted by Crippen LogP contribution is 2.20. The molecule has 0 saturated carbocycles. The third kappa shape index (κ3) is 3.23. The Morgan fingerprint density at radius 2 is 2.53 bits per heavy atom. The van der Waals surface area contributed by atoms with Crippen molar-refractivity contribution in [3.63, 3.8) is 0 Å². The van der Waals surface area contributed by atoms with E-state index in [0.717, 1.165) is 30.3 Å². The van der Waals surface area contributed by atoms with E-state index in [4.69, 9.17) is 5.11 Å². The molecule has 0 radical (unpaired) electrons. The van der Waals surface area contributed by atoms with Gasteiger partial charge in [-0.05, 0) is 0 Å². The molecule has 0 spiro atoms. The van der Waals surface area contributed by atoms with E-state index >= 15 is 0 Å². The molecule has 17 heavy (non-hydrogen) atoms. The second kappa shape index (κ2) is 5.55. The van der Waals surface area contributed by atoms with Gasteiger partial charge in [-0.1, -0.05) is 0 Å². The second-order valence-electron chi connectivity index (χ2n) is 4.29. The molecule has 1 aromatic rings. The summed E-state index contributed by atoms with van der Waals surface area (Å²) in [5, 5.41) is 8.91. The lowest BCUT2D eigenvalue weighted by Gasteiger charge is -2.34. The quantitative estimate of drug-likeness (QED) is 0.863. The number of nitrogens with zero attached hydrogens (tertiary/aromatic N) is 3. The molecule has 1 aliphatic rings. The van der Waals surface area contributed by atoms with Crippen molar-refractivity contribution in [1.82, 2.24) is 14.5 Å². The van der Waals surface area contributed by atoms with Crippen molar-refractivity contribution in [1.29, 1.82) is 0 Å². The van der Waals surface area contributed by atoms with Crippen LogP contribution in [0.25, 0.3) is 0 Å². The van der Waals surface area contributed by atoms with Gasteiger partial charge in [-0.3, -0.25) is 9.69 Å². The van der Waals surface area contributed by atoms with Crippen LogP contribution in [0, 0.1) is 0 Å². The van der Waals surface area contributed by atoms with Gasteiger partial charge < -0.3 is 9.67 Å². The molecule has 2 rings (SSSR count). The zero-order valence-corrected chi connectivity index (χ0v) is 10.7. The predicted molar refractivity (Wildman–Crippen MR) is 67.0 cm³/mol. The summed E-state index contributed by atoms with van der Waals surface area (Å²) in [5.41, 5.74) is 1.13. The summed E-state index contributed by atoms with van der Waals surface area (Å²) >= 11 is 1.84. The summed E-state index contributed by atoms with van der Waals surface area (Å²) in [6, 6.07) is 0.140. The topological polar surface area (TPSA) is 58.4 Å². The second-order valence-corrected chi connectivity index (χ2v) is 5.44. The van der Waals surface area contributed by atoms with E-state index in [2.05, 4.69) is 9.88 Å². The lowest BCUT2D eigenvalue weighted by molar-refractivity contribution is -0.138. The van der Waals surface area contributed by atoms with E-state index in [1.165, 1.54) is 0 Å². The molecule has 0 amide bonds. The van der Waals surface area contributed by atoms with Gasteiger partial charge in [0.05, 0.1) is 18.4 Å². The van der Waals surface area contributed by atoms with Gasteiger partial charge >= 0.3 is 5.97 Å². The van der Waals surface area contributed by atoms with Crippen LogP contribution in [-0.4, -0.2) is 49.6 Å². The molecule has 1 atom stereocenters. The fourth-order valence-electron chi connectivity index (χ4n) is 2.03. The number of imidazole rings is 1. The molecular formula is C11H17N3O2S. The molecule has 2 heterocycles. The fraction of sp³-hybridized carbons (Fsp3) is 0.636. The van der Waals surface area contributed by atoms with Crippen LogP contribution in [0.3, 0.4) is 0 Å². The molecule has 6 heteroatoms. The van der Waals surface area contributed by atoms with E-state index in [1.807, 2.05) is 29.6 Å². The van der Waals surface area contributed by atoms with Crippen molar-refractivity contribution >= 4 is 17.7 Å². The van der Waals surface area contributed by atoms with Gasteiger partial charge in [-0.2, -0.15) is 11.8 Å². The van der Waals surface area contributed by atoms with Crippen molar-refractivity contribution in [2.24, 2.45) is 7.05 Å². The number of hydrogen-bond acceptors (Lipinski definition) is 4. The standard InChI is InChI=1S/C11H17N3O2S/c1-13-8-12-5-10(13)6-14-2-3-17-7-9(14)4-11(15)16/h5,8-9H,2-4,6-7H2,1H3,(H,15,16). The molecule has 1 fully saturated rings. The fourth-order valence-corrected chi connectivity index (χ4v) is 3.16. The van der Waals surface area contributed by atoms with Crippen LogP contribution in [0.2, 0.25) is 0 Å². The Kier molecular flexibility index (Phi) is 4.06. The number of hydrogen-bond donors (Lipinski definition) is 1. The van der Waals surface area contributed by atoms with Crippen LogP contribution in [-0.2, 0) is 18.4 Å². The summed E-state index contributed by atoms with van der Waals surface area (Å²) < 4.78 is 1.99. The first-order valence-electron chi connectivity index (χ1n) is 5.65. The number of aromatic nitrogens is 2. The normalized spacial score (nSPS) is 21.6. The number of carboxylic acid groups (broad SMARTS) is 1. The van der Waals surface area contributed by atoms with Crippen LogP contribution >= 0.6 is 11.8 Å². The van der Waals surface area contributed by atoms with Gasteiger partial charge in [0.25, 0.3) is 0 Å². The van der Waals surface area contributed by atoms with Gasteiger partial charge in [-0.25, -0.2) is 4.98 Å². The van der Waals surface area contributed by atoms with Crippen LogP contribution in [0.5, 0.6) is 0 Å². The zero-order valence-electron chi connectivity index (χ0n) is 9.87. The molecule has 1 aromatic heterocycles. The molecule has 1 saturated heterocycles. The lowest BCUT2D eigenvalue weighted by Crippen LogP contribution is -2.43. The number of carbonyl (C=O) groups is 1. The smallest absolute Gasteiger partial charge is 0.304 e. The Hall–Kier alpha value is -1.01. The zero-order chi connectivity index (χ0) is 12.3. The first kappa shape index (κ1) is 12.4. The molecule has 1 N–H and O–H groups in total. The van der Waals surface area contributed by atoms with E-state index in [1.54, 1.807) is 6.33 Å². The minimum absolute atomic E-state index is 0.140. The molecule has 5 nitrogen and oxygen atoms in total. The molecule has 94 valence electrons. The maximum absolute atomic E-state index is 10.8. The van der Waals surface area contributed by atoms with Gasteiger partial charge in [0, 0.05) is 43.9 Å². The minimum atomic E-state index is -0.715. The summed E-state index contributed by atoms with van der Waals surface area (Å²) in [5.74, 6) is 1.27. The van der Waals surface area contributed by atoms with E-state index in [9.17, 15) is 4.79 Å². The van der Waals surface area contributed by atoms with E-state index < -0.39 is 5.97 Å². The van der Waals surface area contributed by atoms with Crippen molar-refractivity contribution in [2.75, 3.05) is 18.1 Å². The molecule has 0 aromatic carbocycles. The van der Waals surface area contributed by atoms with Gasteiger partial charge in [0.2, 0.25) is 0 Å². The van der Waals surface area contributed by atoms with E-state index in [0.29, 0.717) is 0 Å². The predicted octanol–water partition coefficient (Wildman–Crippen LogP) is 0.812. The van der Waals surface area contributed by atoms with Gasteiger partial charge in [0.1, 0.15) is 0 Å². The highest BCUT2D eigenvalue weighted by molar-refractivity contribution is 7.99. The molecular weight excluding hydrogens is 238 g/mol. The van der Waals surface area contributed by atoms with Crippen LogP contribution in [0.1, 0.15) is 12.1 Å². The highest BCUT2D eigenvalue weighted by Gasteiger charge is 2.25. The van der Waals surface area contributed by atoms with Gasteiger partial charge in [-0.15, -0.1) is 0 Å². The monoisotopic (exact) mass is 255 g/mol. The van der Waals surface area contributed by atoms with Crippen LogP contribution < -0.4 is 0 Å². The molecule has 1 unspecified atom stereocenters. The number of thioether (sulfide) groups is 1. The maximum Gasteiger partial charge on any atom is 0.304 e. The maximum atomic E-state index is 10.8. The first-order chi connectivity index (χ1) is 8.16. The Bertz CT molecular complexity index is 394. The Balaban J connectivity index is 2.01. The number of rotatable bonds is 4. The summed E-state index contributed by atoms with van der Waals surface area (Å²) in [6.07, 6.45) is 3.85. The molecule has 0 aliphatic carbocycles. The third-order valence-electron chi connectivity index (χ3n) is 3.04. The van der Waals surface area contributed by atoms with E-state index in [-0.39, 0.29) is 12.5 Å². The van der Waals surface area contributed by atoms with Crippen LogP contribution in [0.4, 0.5) is 0 Å². The van der Waals surface area contributed by atoms with Crippen molar-refractivity contribution < 1.29 is 9.90 Å². The third-order valence-corrected chi connectivity index (χ3v) is 4.13. The highest BCUT2D eigenvalue weighted by atomic mass is 32.2. The number of aryl methyl sites for hydroxylation is 1. The van der Waals surface area contributed by atoms with Crippen molar-refractivity contribution in [3.8, 4) is 0 Å². The average molecular weight is 255 g/mol. The average Bonchev–Trinajstić information content (AvgIpc) is 2.67. The number of aliphatic carboxylic acids is 1. The Morgan fingerprint density at radius 3 is 3.18 bits per heavy atom. The molecule has 1 aliphatic heterocycles. The molecule has 0 bridgehead atoms. The summed E-state index contributed by atoms with van der Waals surface area (Å²) in [6.45, 7) is 1.74. The van der Waals surface area contributed by atoms with Crippen molar-refractivity contribution in [3.05, 3.63) is 18.2 Å². The van der Waals surface area contributed by atoms with Crippen molar-refractivity contribution in [2.45, 2.75) is 19.0 Å². The SMILES string of the molecule is Cn1cncc1CN1CCSCC1CC(=O)O. The lowest BCUT2D eigenvalue weighted by atomic mass is 10.2. The Morgan fingerprint density at radius 1 is 1.71 bits per heavy atom. The van der Waals surface area contributed by atoms with Crippen LogP contribution in [0.15, 0.2) is 12.5 Å². The minimum Gasteiger partial charge on any atom is -0.481 e. The summed E-state index contributed by atoms with van der Waals surface area (Å²) in [7, 11) is 1.97.